The summed E-state index contributed by atoms with van der Waals surface area (Å²) in [7, 11) is 0. The van der Waals surface area contributed by atoms with Crippen LogP contribution in [0.1, 0.15) is 32.1 Å². The second-order valence-electron chi connectivity index (χ2n) is 4.88. The van der Waals surface area contributed by atoms with E-state index >= 15 is 0 Å². The van der Waals surface area contributed by atoms with Gasteiger partial charge in [-0.1, -0.05) is 6.42 Å². The Bertz CT molecular complexity index is 382. The monoisotopic (exact) mass is 208 g/mol. The van der Waals surface area contributed by atoms with Crippen LogP contribution in [0, 0.1) is 16.1 Å². The van der Waals surface area contributed by atoms with Crippen molar-refractivity contribution in [3.05, 3.63) is 17.2 Å². The average molecular weight is 208 g/mol. The van der Waals surface area contributed by atoms with Gasteiger partial charge in [0.15, 0.2) is 4.77 Å². The smallest absolute Gasteiger partial charge is 0.177 e. The van der Waals surface area contributed by atoms with Gasteiger partial charge in [-0.15, -0.1) is 0 Å². The maximum atomic E-state index is 5.24. The van der Waals surface area contributed by atoms with Crippen LogP contribution in [0.5, 0.6) is 0 Å². The molecule has 76 valence electrons. The Hall–Kier alpha value is -0.570. The molecule has 2 nitrogen and oxygen atoms in total. The minimum Gasteiger partial charge on any atom is -0.337 e. The predicted molar refractivity (Wildman–Crippen MR) is 58.6 cm³/mol. The van der Waals surface area contributed by atoms with Crippen LogP contribution in [0.15, 0.2) is 12.4 Å². The lowest BCUT2D eigenvalue weighted by Gasteiger charge is -2.42. The largest absolute Gasteiger partial charge is 0.337 e. The van der Waals surface area contributed by atoms with Gasteiger partial charge >= 0.3 is 0 Å². The highest BCUT2D eigenvalue weighted by molar-refractivity contribution is 7.71. The number of nitrogens with one attached hydrogen (secondary N) is 1. The minimum absolute atomic E-state index is 0.625. The van der Waals surface area contributed by atoms with Gasteiger partial charge in [-0.25, -0.2) is 0 Å². The van der Waals surface area contributed by atoms with Crippen LogP contribution < -0.4 is 0 Å². The normalized spacial score (nSPS) is 24.6. The van der Waals surface area contributed by atoms with Crippen LogP contribution in [0.4, 0.5) is 0 Å². The summed E-state index contributed by atoms with van der Waals surface area (Å²) < 4.78 is 3.10. The molecular formula is C11H16N2S. The summed E-state index contributed by atoms with van der Waals surface area (Å²) in [4.78, 5) is 3.08. The SMILES string of the molecule is S=c1[nH]ccn1CC1(C2CC2)CCC1. The number of H-pyrrole nitrogens is 1. The molecule has 2 aliphatic rings. The first-order valence-electron chi connectivity index (χ1n) is 5.54. The van der Waals surface area contributed by atoms with E-state index in [2.05, 4.69) is 15.7 Å². The van der Waals surface area contributed by atoms with Gasteiger partial charge in [0.2, 0.25) is 0 Å². The fraction of sp³-hybridized carbons (Fsp3) is 0.727. The molecule has 2 aliphatic carbocycles. The lowest BCUT2D eigenvalue weighted by atomic mass is 9.65. The van der Waals surface area contributed by atoms with Gasteiger partial charge < -0.3 is 9.55 Å². The minimum atomic E-state index is 0.625. The molecule has 1 aromatic heterocycles. The first kappa shape index (κ1) is 8.72. The maximum absolute atomic E-state index is 5.24. The zero-order chi connectivity index (χ0) is 9.60. The summed E-state index contributed by atoms with van der Waals surface area (Å²) in [6.45, 7) is 1.15. The average Bonchev–Trinajstić information content (AvgIpc) is 2.86. The van der Waals surface area contributed by atoms with E-state index < -0.39 is 0 Å². The summed E-state index contributed by atoms with van der Waals surface area (Å²) in [6.07, 6.45) is 11.2. The Morgan fingerprint density at radius 1 is 1.50 bits per heavy atom. The van der Waals surface area contributed by atoms with Crippen LogP contribution in [-0.4, -0.2) is 9.55 Å². The van der Waals surface area contributed by atoms with Crippen molar-refractivity contribution < 1.29 is 0 Å². The van der Waals surface area contributed by atoms with Crippen LogP contribution in [-0.2, 0) is 6.54 Å². The number of aromatic amines is 1. The fourth-order valence-corrected chi connectivity index (χ4v) is 3.03. The summed E-state index contributed by atoms with van der Waals surface area (Å²) in [6, 6.07) is 0. The Balaban J connectivity index is 1.82. The Labute approximate surface area is 89.3 Å². The van der Waals surface area contributed by atoms with Crippen molar-refractivity contribution in [1.82, 2.24) is 9.55 Å². The van der Waals surface area contributed by atoms with E-state index in [1.165, 1.54) is 32.1 Å². The molecule has 0 bridgehead atoms. The number of nitrogens with zero attached hydrogens (tertiary/aromatic N) is 1. The first-order valence-corrected chi connectivity index (χ1v) is 5.95. The van der Waals surface area contributed by atoms with Crippen molar-refractivity contribution in [3.8, 4) is 0 Å². The zero-order valence-corrected chi connectivity index (χ0v) is 9.15. The second-order valence-corrected chi connectivity index (χ2v) is 5.27. The molecule has 0 amide bonds. The standard InChI is InChI=1S/C11H16N2S/c14-10-12-6-7-13(10)8-11(4-1-5-11)9-2-3-9/h6-7,9H,1-5,8H2,(H,12,14). The second kappa shape index (κ2) is 2.96. The third-order valence-corrected chi connectivity index (χ3v) is 4.35. The van der Waals surface area contributed by atoms with E-state index in [4.69, 9.17) is 12.2 Å². The van der Waals surface area contributed by atoms with Gasteiger partial charge in [-0.3, -0.25) is 0 Å². The van der Waals surface area contributed by atoms with E-state index in [0.29, 0.717) is 5.41 Å². The lowest BCUT2D eigenvalue weighted by molar-refractivity contribution is 0.0756. The van der Waals surface area contributed by atoms with Crippen molar-refractivity contribution in [1.29, 1.82) is 0 Å². The summed E-state index contributed by atoms with van der Waals surface area (Å²) >= 11 is 5.24. The van der Waals surface area contributed by atoms with E-state index in [0.717, 1.165) is 17.2 Å². The summed E-state index contributed by atoms with van der Waals surface area (Å²) in [5, 5.41) is 0. The summed E-state index contributed by atoms with van der Waals surface area (Å²) in [5.74, 6) is 1.01. The van der Waals surface area contributed by atoms with Gasteiger partial charge in [0.05, 0.1) is 0 Å². The van der Waals surface area contributed by atoms with Gasteiger partial charge in [0.25, 0.3) is 0 Å². The third-order valence-electron chi connectivity index (χ3n) is 4.00. The highest BCUT2D eigenvalue weighted by Crippen LogP contribution is 2.57. The lowest BCUT2D eigenvalue weighted by Crippen LogP contribution is -2.36. The Kier molecular flexibility index (Phi) is 1.84. The highest BCUT2D eigenvalue weighted by atomic mass is 32.1. The van der Waals surface area contributed by atoms with E-state index in [-0.39, 0.29) is 0 Å². The molecule has 0 atom stereocenters. The number of hydrogen-bond donors (Lipinski definition) is 1. The molecule has 1 aromatic rings. The van der Waals surface area contributed by atoms with Crippen molar-refractivity contribution in [2.75, 3.05) is 0 Å². The van der Waals surface area contributed by atoms with Crippen molar-refractivity contribution in [3.63, 3.8) is 0 Å². The maximum Gasteiger partial charge on any atom is 0.177 e. The molecule has 0 radical (unpaired) electrons. The van der Waals surface area contributed by atoms with E-state index in [9.17, 15) is 0 Å². The third kappa shape index (κ3) is 1.26. The van der Waals surface area contributed by atoms with E-state index in [1.54, 1.807) is 0 Å². The van der Waals surface area contributed by atoms with Crippen LogP contribution >= 0.6 is 12.2 Å². The molecule has 14 heavy (non-hydrogen) atoms. The molecule has 0 aromatic carbocycles. The molecule has 2 fully saturated rings. The van der Waals surface area contributed by atoms with Gasteiger partial charge in [0, 0.05) is 18.9 Å². The molecule has 0 unspecified atom stereocenters. The molecule has 3 heteroatoms. The van der Waals surface area contributed by atoms with Crippen LogP contribution in [0.3, 0.4) is 0 Å². The highest BCUT2D eigenvalue weighted by Gasteiger charge is 2.49. The number of imidazole rings is 1. The summed E-state index contributed by atoms with van der Waals surface area (Å²) in [5.41, 5.74) is 0.625. The molecule has 1 N–H and O–H groups in total. The molecule has 0 spiro atoms. The molecular weight excluding hydrogens is 192 g/mol. The first-order chi connectivity index (χ1) is 6.80. The predicted octanol–water partition coefficient (Wildman–Crippen LogP) is 3.13. The molecule has 0 saturated heterocycles. The molecule has 2 saturated carbocycles. The van der Waals surface area contributed by atoms with Crippen molar-refractivity contribution in [2.24, 2.45) is 11.3 Å². The number of aromatic nitrogens is 2. The van der Waals surface area contributed by atoms with E-state index in [1.807, 2.05) is 6.20 Å². The quantitative estimate of drug-likeness (QED) is 0.757. The number of rotatable bonds is 3. The Morgan fingerprint density at radius 2 is 2.29 bits per heavy atom. The van der Waals surface area contributed by atoms with Crippen LogP contribution in [0.25, 0.3) is 0 Å². The van der Waals surface area contributed by atoms with Gasteiger partial charge in [-0.2, -0.15) is 0 Å². The van der Waals surface area contributed by atoms with Gasteiger partial charge in [-0.05, 0) is 49.2 Å². The molecule has 0 aliphatic heterocycles. The topological polar surface area (TPSA) is 20.7 Å². The Morgan fingerprint density at radius 3 is 2.71 bits per heavy atom. The van der Waals surface area contributed by atoms with Crippen molar-refractivity contribution in [2.45, 2.75) is 38.6 Å². The van der Waals surface area contributed by atoms with Crippen LogP contribution in [0.2, 0.25) is 0 Å². The number of hydrogen-bond acceptors (Lipinski definition) is 1. The van der Waals surface area contributed by atoms with Crippen molar-refractivity contribution >= 4 is 12.2 Å². The van der Waals surface area contributed by atoms with Gasteiger partial charge in [0.1, 0.15) is 0 Å². The fourth-order valence-electron chi connectivity index (χ4n) is 2.83. The molecule has 3 rings (SSSR count). The molecule has 1 heterocycles. The zero-order valence-electron chi connectivity index (χ0n) is 8.33.